The number of pyridine rings is 1. The minimum atomic E-state index is -0.527. The Labute approximate surface area is 90.7 Å². The molecule has 0 radical (unpaired) electrons. The number of thiocarbonyl (C=S) groups is 1. The highest BCUT2D eigenvalue weighted by Crippen LogP contribution is 2.11. The van der Waals surface area contributed by atoms with Gasteiger partial charge in [0, 0.05) is 5.69 Å². The zero-order valence-electron chi connectivity index (χ0n) is 7.98. The first kappa shape index (κ1) is 9.79. The molecule has 0 atom stereocenters. The van der Waals surface area contributed by atoms with Crippen molar-refractivity contribution in [1.29, 1.82) is 0 Å². The van der Waals surface area contributed by atoms with Crippen LogP contribution < -0.4 is 11.4 Å². The second kappa shape index (κ2) is 3.43. The molecule has 0 unspecified atom stereocenters. The molecule has 5 heteroatoms. The maximum atomic E-state index is 11.4. The molecule has 0 spiro atoms. The molecule has 0 aliphatic carbocycles. The van der Waals surface area contributed by atoms with Gasteiger partial charge in [-0.15, -0.1) is 0 Å². The van der Waals surface area contributed by atoms with E-state index in [1.54, 1.807) is 18.2 Å². The summed E-state index contributed by atoms with van der Waals surface area (Å²) in [7, 11) is 0. The van der Waals surface area contributed by atoms with Crippen LogP contribution in [0, 0.1) is 6.92 Å². The summed E-state index contributed by atoms with van der Waals surface area (Å²) in [5.41, 5.74) is 6.91. The minimum absolute atomic E-state index is 0.0222. The summed E-state index contributed by atoms with van der Waals surface area (Å²) >= 11 is 4.74. The van der Waals surface area contributed by atoms with E-state index < -0.39 is 5.63 Å². The number of fused-ring (bicyclic) bond motifs is 1. The molecule has 2 aromatic heterocycles. The third kappa shape index (κ3) is 1.73. The number of aromatic nitrogens is 1. The molecular weight excluding hydrogens is 212 g/mol. The van der Waals surface area contributed by atoms with Gasteiger partial charge in [-0.25, -0.2) is 9.78 Å². The molecule has 15 heavy (non-hydrogen) atoms. The molecule has 0 saturated carbocycles. The van der Waals surface area contributed by atoms with Gasteiger partial charge in [0.25, 0.3) is 0 Å². The molecule has 2 rings (SSSR count). The van der Waals surface area contributed by atoms with E-state index in [9.17, 15) is 4.79 Å². The molecule has 0 aliphatic heterocycles. The Morgan fingerprint density at radius 2 is 2.27 bits per heavy atom. The first-order valence-electron chi connectivity index (χ1n) is 4.29. The van der Waals surface area contributed by atoms with Gasteiger partial charge >= 0.3 is 5.63 Å². The zero-order chi connectivity index (χ0) is 11.0. The third-order valence-electron chi connectivity index (χ3n) is 1.99. The fourth-order valence-corrected chi connectivity index (χ4v) is 1.42. The van der Waals surface area contributed by atoms with Gasteiger partial charge in [-0.3, -0.25) is 0 Å². The first-order chi connectivity index (χ1) is 7.08. The lowest BCUT2D eigenvalue weighted by Crippen LogP contribution is -2.19. The Hall–Kier alpha value is -1.75. The highest BCUT2D eigenvalue weighted by molar-refractivity contribution is 7.80. The molecule has 0 saturated heterocycles. The van der Waals surface area contributed by atoms with Gasteiger partial charge in [-0.05, 0) is 25.1 Å². The second-order valence-corrected chi connectivity index (χ2v) is 3.59. The largest absolute Gasteiger partial charge is 0.421 e. The number of aryl methyl sites for hydroxylation is 1. The van der Waals surface area contributed by atoms with E-state index in [0.717, 1.165) is 5.69 Å². The van der Waals surface area contributed by atoms with Crippen LogP contribution in [0.3, 0.4) is 0 Å². The van der Waals surface area contributed by atoms with Crippen molar-refractivity contribution in [2.24, 2.45) is 5.73 Å². The normalized spacial score (nSPS) is 10.5. The van der Waals surface area contributed by atoms with Crippen LogP contribution in [0.1, 0.15) is 11.3 Å². The lowest BCUT2D eigenvalue weighted by atomic mass is 10.2. The topological polar surface area (TPSA) is 69.1 Å². The molecule has 4 nitrogen and oxygen atoms in total. The fraction of sp³-hybridized carbons (Fsp3) is 0.100. The van der Waals surface area contributed by atoms with Gasteiger partial charge in [0.05, 0.1) is 5.56 Å². The lowest BCUT2D eigenvalue weighted by molar-refractivity contribution is 0.558. The molecule has 0 aliphatic rings. The van der Waals surface area contributed by atoms with E-state index in [2.05, 4.69) is 4.98 Å². The van der Waals surface area contributed by atoms with Crippen LogP contribution in [0.4, 0.5) is 0 Å². The van der Waals surface area contributed by atoms with Crippen LogP contribution in [0.5, 0.6) is 0 Å². The zero-order valence-corrected chi connectivity index (χ0v) is 8.80. The summed E-state index contributed by atoms with van der Waals surface area (Å²) in [5.74, 6) is 0. The maximum absolute atomic E-state index is 11.4. The summed E-state index contributed by atoms with van der Waals surface area (Å²) in [5, 5.41) is 0. The molecule has 0 amide bonds. The SMILES string of the molecule is Cc1ccc2oc(=O)c(C(N)=S)cc2n1. The Bertz CT molecular complexity index is 604. The first-order valence-corrected chi connectivity index (χ1v) is 4.70. The molecule has 0 fully saturated rings. The molecule has 2 aromatic rings. The number of nitrogens with zero attached hydrogens (tertiary/aromatic N) is 1. The van der Waals surface area contributed by atoms with Crippen LogP contribution >= 0.6 is 12.2 Å². The standard InChI is InChI=1S/C10H8N2O2S/c1-5-2-3-8-7(12-5)4-6(9(11)15)10(13)14-8/h2-4H,1H3,(H2,11,15). The van der Waals surface area contributed by atoms with Crippen molar-refractivity contribution in [3.8, 4) is 0 Å². The maximum Gasteiger partial charge on any atom is 0.346 e. The van der Waals surface area contributed by atoms with Crippen LogP contribution in [-0.4, -0.2) is 9.97 Å². The van der Waals surface area contributed by atoms with Gasteiger partial charge in [-0.1, -0.05) is 12.2 Å². The molecule has 2 N–H and O–H groups in total. The van der Waals surface area contributed by atoms with Crippen LogP contribution in [-0.2, 0) is 0 Å². The van der Waals surface area contributed by atoms with E-state index in [1.807, 2.05) is 6.92 Å². The lowest BCUT2D eigenvalue weighted by Gasteiger charge is -2.00. The van der Waals surface area contributed by atoms with Crippen LogP contribution in [0.2, 0.25) is 0 Å². The Morgan fingerprint density at radius 3 is 2.93 bits per heavy atom. The molecular formula is C10H8N2O2S. The molecule has 0 aromatic carbocycles. The van der Waals surface area contributed by atoms with Gasteiger partial charge in [-0.2, -0.15) is 0 Å². The summed E-state index contributed by atoms with van der Waals surface area (Å²) < 4.78 is 5.02. The monoisotopic (exact) mass is 220 g/mol. The van der Waals surface area contributed by atoms with E-state index in [-0.39, 0.29) is 10.6 Å². The Kier molecular flexibility index (Phi) is 2.24. The second-order valence-electron chi connectivity index (χ2n) is 3.15. The van der Waals surface area contributed by atoms with Crippen molar-refractivity contribution in [3.05, 3.63) is 39.9 Å². The van der Waals surface area contributed by atoms with Gasteiger partial charge < -0.3 is 10.2 Å². The number of hydrogen-bond acceptors (Lipinski definition) is 4. The highest BCUT2D eigenvalue weighted by atomic mass is 32.1. The quantitative estimate of drug-likeness (QED) is 0.729. The Balaban J connectivity index is 2.83. The van der Waals surface area contributed by atoms with E-state index >= 15 is 0 Å². The third-order valence-corrected chi connectivity index (χ3v) is 2.21. The predicted octanol–water partition coefficient (Wildman–Crippen LogP) is 1.13. The average Bonchev–Trinajstić information content (AvgIpc) is 2.17. The van der Waals surface area contributed by atoms with Crippen molar-refractivity contribution >= 4 is 28.3 Å². The Morgan fingerprint density at radius 1 is 1.53 bits per heavy atom. The highest BCUT2D eigenvalue weighted by Gasteiger charge is 2.08. The molecule has 2 heterocycles. The number of rotatable bonds is 1. The molecule has 0 bridgehead atoms. The van der Waals surface area contributed by atoms with Gasteiger partial charge in [0.1, 0.15) is 10.5 Å². The number of hydrogen-bond donors (Lipinski definition) is 1. The van der Waals surface area contributed by atoms with Crippen molar-refractivity contribution < 1.29 is 4.42 Å². The van der Waals surface area contributed by atoms with Crippen molar-refractivity contribution in [2.45, 2.75) is 6.92 Å². The van der Waals surface area contributed by atoms with Crippen molar-refractivity contribution in [3.63, 3.8) is 0 Å². The van der Waals surface area contributed by atoms with Crippen molar-refractivity contribution in [2.75, 3.05) is 0 Å². The van der Waals surface area contributed by atoms with E-state index in [1.165, 1.54) is 0 Å². The van der Waals surface area contributed by atoms with E-state index in [0.29, 0.717) is 11.1 Å². The van der Waals surface area contributed by atoms with Crippen LogP contribution in [0.25, 0.3) is 11.1 Å². The number of nitrogens with two attached hydrogens (primary N) is 1. The van der Waals surface area contributed by atoms with Crippen molar-refractivity contribution in [1.82, 2.24) is 4.98 Å². The van der Waals surface area contributed by atoms with Gasteiger partial charge in [0.15, 0.2) is 5.58 Å². The van der Waals surface area contributed by atoms with Crippen LogP contribution in [0.15, 0.2) is 27.4 Å². The predicted molar refractivity (Wildman–Crippen MR) is 60.9 cm³/mol. The van der Waals surface area contributed by atoms with Gasteiger partial charge in [0.2, 0.25) is 0 Å². The summed E-state index contributed by atoms with van der Waals surface area (Å²) in [4.78, 5) is 15.6. The van der Waals surface area contributed by atoms with E-state index in [4.69, 9.17) is 22.4 Å². The smallest absolute Gasteiger partial charge is 0.346 e. The fourth-order valence-electron chi connectivity index (χ4n) is 1.28. The summed E-state index contributed by atoms with van der Waals surface area (Å²) in [6, 6.07) is 5.02. The average molecular weight is 220 g/mol. The summed E-state index contributed by atoms with van der Waals surface area (Å²) in [6.45, 7) is 1.85. The summed E-state index contributed by atoms with van der Waals surface area (Å²) in [6.07, 6.45) is 0. The molecule has 76 valence electrons. The minimum Gasteiger partial charge on any atom is -0.421 e.